The van der Waals surface area contributed by atoms with E-state index in [1.165, 1.54) is 4.90 Å². The van der Waals surface area contributed by atoms with Crippen LogP contribution < -0.4 is 4.90 Å². The molecule has 0 aliphatic heterocycles. The van der Waals surface area contributed by atoms with Crippen molar-refractivity contribution in [3.8, 4) is 11.4 Å². The minimum atomic E-state index is -0.105. The van der Waals surface area contributed by atoms with E-state index in [0.29, 0.717) is 12.4 Å². The van der Waals surface area contributed by atoms with Gasteiger partial charge in [0.05, 0.1) is 0 Å². The van der Waals surface area contributed by atoms with Gasteiger partial charge in [0.1, 0.15) is 0 Å². The number of anilines is 1. The quantitative estimate of drug-likeness (QED) is 0.847. The zero-order valence-electron chi connectivity index (χ0n) is 11.3. The Hall–Kier alpha value is -2.17. The third-order valence-electron chi connectivity index (χ3n) is 2.75. The lowest BCUT2D eigenvalue weighted by Crippen LogP contribution is -2.34. The van der Waals surface area contributed by atoms with E-state index in [2.05, 4.69) is 10.1 Å². The Kier molecular flexibility index (Phi) is 3.94. The second-order valence-electron chi connectivity index (χ2n) is 4.50. The van der Waals surface area contributed by atoms with E-state index >= 15 is 0 Å². The van der Waals surface area contributed by atoms with Crippen molar-refractivity contribution in [2.45, 2.75) is 20.8 Å². The van der Waals surface area contributed by atoms with Crippen LogP contribution in [-0.2, 0) is 4.79 Å². The van der Waals surface area contributed by atoms with Crippen molar-refractivity contribution < 1.29 is 9.32 Å². The van der Waals surface area contributed by atoms with Crippen LogP contribution in [0, 0.1) is 5.92 Å². The molecular formula is C14H17N3O2. The van der Waals surface area contributed by atoms with Crippen LogP contribution in [-0.4, -0.2) is 22.6 Å². The monoisotopic (exact) mass is 259 g/mol. The highest BCUT2D eigenvalue weighted by atomic mass is 16.5. The second kappa shape index (κ2) is 5.65. The number of amides is 1. The molecule has 2 aromatic rings. The van der Waals surface area contributed by atoms with Gasteiger partial charge in [0.15, 0.2) is 0 Å². The highest BCUT2D eigenvalue weighted by Crippen LogP contribution is 2.20. The van der Waals surface area contributed by atoms with Crippen LogP contribution in [0.25, 0.3) is 11.4 Å². The van der Waals surface area contributed by atoms with Gasteiger partial charge in [-0.1, -0.05) is 49.3 Å². The Labute approximate surface area is 112 Å². The molecule has 1 heterocycles. The summed E-state index contributed by atoms with van der Waals surface area (Å²) >= 11 is 0. The van der Waals surface area contributed by atoms with E-state index in [1.807, 2.05) is 51.1 Å². The van der Waals surface area contributed by atoms with Gasteiger partial charge in [-0.05, 0) is 6.92 Å². The van der Waals surface area contributed by atoms with Crippen molar-refractivity contribution in [1.82, 2.24) is 10.1 Å². The van der Waals surface area contributed by atoms with Crippen LogP contribution in [0.15, 0.2) is 34.9 Å². The SMILES string of the molecule is CCN(C(=O)C(C)C)c1nc(-c2ccccc2)no1. The average Bonchev–Trinajstić information content (AvgIpc) is 2.90. The van der Waals surface area contributed by atoms with Crippen molar-refractivity contribution in [1.29, 1.82) is 0 Å². The smallest absolute Gasteiger partial charge is 0.314 e. The summed E-state index contributed by atoms with van der Waals surface area (Å²) in [6.45, 7) is 6.08. The highest BCUT2D eigenvalue weighted by molar-refractivity contribution is 5.92. The molecule has 0 N–H and O–H groups in total. The van der Waals surface area contributed by atoms with E-state index < -0.39 is 0 Å². The number of nitrogens with zero attached hydrogens (tertiary/aromatic N) is 3. The first-order chi connectivity index (χ1) is 9.13. The molecule has 0 saturated carbocycles. The summed E-state index contributed by atoms with van der Waals surface area (Å²) in [6, 6.07) is 9.78. The van der Waals surface area contributed by atoms with E-state index in [-0.39, 0.29) is 17.8 Å². The first-order valence-corrected chi connectivity index (χ1v) is 6.34. The molecule has 1 aromatic carbocycles. The van der Waals surface area contributed by atoms with Gasteiger partial charge in [0, 0.05) is 18.0 Å². The van der Waals surface area contributed by atoms with Crippen molar-refractivity contribution >= 4 is 11.9 Å². The van der Waals surface area contributed by atoms with Crippen molar-refractivity contribution in [2.75, 3.05) is 11.4 Å². The normalized spacial score (nSPS) is 10.7. The van der Waals surface area contributed by atoms with Crippen LogP contribution >= 0.6 is 0 Å². The van der Waals surface area contributed by atoms with Gasteiger partial charge >= 0.3 is 6.01 Å². The third-order valence-corrected chi connectivity index (χ3v) is 2.75. The molecule has 0 saturated heterocycles. The third kappa shape index (κ3) is 2.81. The lowest BCUT2D eigenvalue weighted by Gasteiger charge is -2.17. The standard InChI is InChI=1S/C14H17N3O2/c1-4-17(13(18)10(2)3)14-15-12(16-19-14)11-8-6-5-7-9-11/h5-10H,4H2,1-3H3. The van der Waals surface area contributed by atoms with Crippen LogP contribution in [0.4, 0.5) is 6.01 Å². The summed E-state index contributed by atoms with van der Waals surface area (Å²) in [5.41, 5.74) is 0.866. The number of carbonyl (C=O) groups is 1. The summed E-state index contributed by atoms with van der Waals surface area (Å²) < 4.78 is 5.19. The van der Waals surface area contributed by atoms with E-state index in [4.69, 9.17) is 4.52 Å². The van der Waals surface area contributed by atoms with Gasteiger partial charge in [-0.3, -0.25) is 9.69 Å². The molecule has 0 unspecified atom stereocenters. The topological polar surface area (TPSA) is 59.2 Å². The van der Waals surface area contributed by atoms with Crippen molar-refractivity contribution in [3.05, 3.63) is 30.3 Å². The maximum absolute atomic E-state index is 12.0. The lowest BCUT2D eigenvalue weighted by atomic mass is 10.2. The molecule has 19 heavy (non-hydrogen) atoms. The second-order valence-corrected chi connectivity index (χ2v) is 4.50. The van der Waals surface area contributed by atoms with Crippen LogP contribution in [0.1, 0.15) is 20.8 Å². The molecule has 2 rings (SSSR count). The minimum absolute atomic E-state index is 0.0224. The van der Waals surface area contributed by atoms with E-state index in [1.54, 1.807) is 0 Å². The summed E-state index contributed by atoms with van der Waals surface area (Å²) in [5, 5.41) is 3.92. The molecule has 0 aliphatic carbocycles. The number of aromatic nitrogens is 2. The molecule has 5 heteroatoms. The van der Waals surface area contributed by atoms with Crippen LogP contribution in [0.5, 0.6) is 0 Å². The summed E-state index contributed by atoms with van der Waals surface area (Å²) in [5.74, 6) is 0.364. The predicted molar refractivity (Wildman–Crippen MR) is 72.6 cm³/mol. The molecule has 0 spiro atoms. The molecule has 0 aliphatic rings. The van der Waals surface area contributed by atoms with E-state index in [9.17, 15) is 4.79 Å². The van der Waals surface area contributed by atoms with Crippen LogP contribution in [0.2, 0.25) is 0 Å². The van der Waals surface area contributed by atoms with Gasteiger partial charge in [-0.25, -0.2) is 0 Å². The van der Waals surface area contributed by atoms with Crippen LogP contribution in [0.3, 0.4) is 0 Å². The molecular weight excluding hydrogens is 242 g/mol. The largest absolute Gasteiger partial charge is 0.331 e. The number of carbonyl (C=O) groups excluding carboxylic acids is 1. The highest BCUT2D eigenvalue weighted by Gasteiger charge is 2.22. The fourth-order valence-electron chi connectivity index (χ4n) is 1.73. The first kappa shape index (κ1) is 13.3. The zero-order valence-corrected chi connectivity index (χ0v) is 11.3. The average molecular weight is 259 g/mol. The summed E-state index contributed by atoms with van der Waals surface area (Å²) in [6.07, 6.45) is 0. The van der Waals surface area contributed by atoms with Gasteiger partial charge in [-0.15, -0.1) is 0 Å². The molecule has 5 nitrogen and oxygen atoms in total. The molecule has 0 fully saturated rings. The van der Waals surface area contributed by atoms with Gasteiger partial charge < -0.3 is 4.52 Å². The Morgan fingerprint density at radius 3 is 2.58 bits per heavy atom. The summed E-state index contributed by atoms with van der Waals surface area (Å²) in [4.78, 5) is 17.8. The molecule has 100 valence electrons. The Morgan fingerprint density at radius 2 is 2.00 bits per heavy atom. The number of hydrogen-bond acceptors (Lipinski definition) is 4. The molecule has 1 amide bonds. The number of hydrogen-bond donors (Lipinski definition) is 0. The molecule has 0 atom stereocenters. The fraction of sp³-hybridized carbons (Fsp3) is 0.357. The zero-order chi connectivity index (χ0) is 13.8. The maximum Gasteiger partial charge on any atom is 0.331 e. The number of benzene rings is 1. The Balaban J connectivity index is 2.27. The summed E-state index contributed by atoms with van der Waals surface area (Å²) in [7, 11) is 0. The first-order valence-electron chi connectivity index (χ1n) is 6.34. The predicted octanol–water partition coefficient (Wildman–Crippen LogP) is 2.75. The molecule has 1 aromatic heterocycles. The number of rotatable bonds is 4. The Morgan fingerprint density at radius 1 is 1.32 bits per heavy atom. The van der Waals surface area contributed by atoms with Gasteiger partial charge in [0.2, 0.25) is 11.7 Å². The maximum atomic E-state index is 12.0. The van der Waals surface area contributed by atoms with Gasteiger partial charge in [-0.2, -0.15) is 4.98 Å². The van der Waals surface area contributed by atoms with Crippen molar-refractivity contribution in [3.63, 3.8) is 0 Å². The molecule has 0 radical (unpaired) electrons. The van der Waals surface area contributed by atoms with Crippen molar-refractivity contribution in [2.24, 2.45) is 5.92 Å². The lowest BCUT2D eigenvalue weighted by molar-refractivity contribution is -0.121. The molecule has 0 bridgehead atoms. The Bertz CT molecular complexity index is 549. The van der Waals surface area contributed by atoms with E-state index in [0.717, 1.165) is 5.56 Å². The minimum Gasteiger partial charge on any atom is -0.314 e. The van der Waals surface area contributed by atoms with Gasteiger partial charge in [0.25, 0.3) is 0 Å². The fourth-order valence-corrected chi connectivity index (χ4v) is 1.73.